The summed E-state index contributed by atoms with van der Waals surface area (Å²) >= 11 is 0. The molecular weight excluding hydrogens is 248 g/mol. The first-order valence-electron chi connectivity index (χ1n) is 6.54. The van der Waals surface area contributed by atoms with Crippen LogP contribution in [0.5, 0.6) is 5.75 Å². The van der Waals surface area contributed by atoms with Gasteiger partial charge < -0.3 is 10.1 Å². The predicted molar refractivity (Wildman–Crippen MR) is 83.3 cm³/mol. The zero-order valence-electron chi connectivity index (χ0n) is 11.6. The van der Waals surface area contributed by atoms with Gasteiger partial charge in [0.05, 0.1) is 18.3 Å². The van der Waals surface area contributed by atoms with E-state index in [1.54, 1.807) is 7.11 Å². The summed E-state index contributed by atoms with van der Waals surface area (Å²) in [5.74, 6) is 0.817. The highest BCUT2D eigenvalue weighted by Gasteiger charge is 2.07. The van der Waals surface area contributed by atoms with Crippen LogP contribution in [0.25, 0.3) is 22.2 Å². The minimum Gasteiger partial charge on any atom is -0.497 e. The first-order valence-corrected chi connectivity index (χ1v) is 6.54. The number of aromatic nitrogens is 1. The molecule has 0 saturated heterocycles. The van der Waals surface area contributed by atoms with Crippen molar-refractivity contribution in [3.8, 4) is 17.0 Å². The second-order valence-electron chi connectivity index (χ2n) is 4.55. The summed E-state index contributed by atoms with van der Waals surface area (Å²) in [7, 11) is 3.59. The van der Waals surface area contributed by atoms with E-state index in [1.807, 2.05) is 43.4 Å². The fourth-order valence-electron chi connectivity index (χ4n) is 2.30. The second-order valence-corrected chi connectivity index (χ2v) is 4.55. The number of pyridine rings is 1. The summed E-state index contributed by atoms with van der Waals surface area (Å²) in [5.41, 5.74) is 4.05. The summed E-state index contributed by atoms with van der Waals surface area (Å²) in [6.45, 7) is 0. The van der Waals surface area contributed by atoms with Crippen LogP contribution in [0, 0.1) is 0 Å². The van der Waals surface area contributed by atoms with Crippen molar-refractivity contribution >= 4 is 16.6 Å². The number of methoxy groups -OCH3 is 1. The molecule has 3 aromatic rings. The fraction of sp³-hybridized carbons (Fsp3) is 0.118. The molecular formula is C17H16N2O. The lowest BCUT2D eigenvalue weighted by atomic mass is 10.1. The van der Waals surface area contributed by atoms with Crippen LogP contribution in [0.2, 0.25) is 0 Å². The number of ether oxygens (including phenoxy) is 1. The third kappa shape index (κ3) is 2.18. The van der Waals surface area contributed by atoms with Gasteiger partial charge >= 0.3 is 0 Å². The summed E-state index contributed by atoms with van der Waals surface area (Å²) in [6.07, 6.45) is 0. The third-order valence-corrected chi connectivity index (χ3v) is 3.36. The maximum atomic E-state index is 5.28. The lowest BCUT2D eigenvalue weighted by molar-refractivity contribution is 0.415. The fourth-order valence-corrected chi connectivity index (χ4v) is 2.30. The van der Waals surface area contributed by atoms with Crippen LogP contribution in [0.15, 0.2) is 54.6 Å². The third-order valence-electron chi connectivity index (χ3n) is 3.36. The summed E-state index contributed by atoms with van der Waals surface area (Å²) in [5, 5.41) is 4.33. The number of hydrogen-bond donors (Lipinski definition) is 1. The number of rotatable bonds is 3. The minimum atomic E-state index is 0.817. The standard InChI is InChI=1S/C17H16N2O/c1-18-16-11-15(12-6-4-3-5-7-12)19-17-10-13(20-2)8-9-14(16)17/h3-11H,1-2H3,(H,18,19). The number of hydrogen-bond acceptors (Lipinski definition) is 3. The lowest BCUT2D eigenvalue weighted by Crippen LogP contribution is -1.94. The van der Waals surface area contributed by atoms with Crippen molar-refractivity contribution in [1.29, 1.82) is 0 Å². The lowest BCUT2D eigenvalue weighted by Gasteiger charge is -2.10. The van der Waals surface area contributed by atoms with Gasteiger partial charge in [-0.05, 0) is 18.2 Å². The van der Waals surface area contributed by atoms with E-state index in [4.69, 9.17) is 9.72 Å². The van der Waals surface area contributed by atoms with Crippen LogP contribution in [0.1, 0.15) is 0 Å². The van der Waals surface area contributed by atoms with E-state index in [-0.39, 0.29) is 0 Å². The Morgan fingerprint density at radius 1 is 1.00 bits per heavy atom. The highest BCUT2D eigenvalue weighted by Crippen LogP contribution is 2.30. The van der Waals surface area contributed by atoms with E-state index < -0.39 is 0 Å². The normalized spacial score (nSPS) is 10.5. The minimum absolute atomic E-state index is 0.817. The van der Waals surface area contributed by atoms with E-state index >= 15 is 0 Å². The molecule has 0 spiro atoms. The number of nitrogens with one attached hydrogen (secondary N) is 1. The molecule has 0 aliphatic carbocycles. The Morgan fingerprint density at radius 2 is 1.80 bits per heavy atom. The zero-order valence-corrected chi connectivity index (χ0v) is 11.6. The monoisotopic (exact) mass is 264 g/mol. The molecule has 0 atom stereocenters. The Morgan fingerprint density at radius 3 is 2.50 bits per heavy atom. The van der Waals surface area contributed by atoms with Gasteiger partial charge in [-0.3, -0.25) is 0 Å². The highest BCUT2D eigenvalue weighted by atomic mass is 16.5. The van der Waals surface area contributed by atoms with Crippen molar-refractivity contribution < 1.29 is 4.74 Å². The molecule has 0 unspecified atom stereocenters. The number of benzene rings is 2. The van der Waals surface area contributed by atoms with E-state index in [0.717, 1.165) is 33.6 Å². The molecule has 0 saturated carbocycles. The van der Waals surface area contributed by atoms with Gasteiger partial charge in [-0.2, -0.15) is 0 Å². The average Bonchev–Trinajstić information content (AvgIpc) is 2.54. The largest absolute Gasteiger partial charge is 0.497 e. The molecule has 0 amide bonds. The summed E-state index contributed by atoms with van der Waals surface area (Å²) in [4.78, 5) is 4.74. The quantitative estimate of drug-likeness (QED) is 0.777. The van der Waals surface area contributed by atoms with Crippen LogP contribution >= 0.6 is 0 Å². The van der Waals surface area contributed by atoms with Gasteiger partial charge in [0.15, 0.2) is 0 Å². The molecule has 2 aromatic carbocycles. The van der Waals surface area contributed by atoms with Crippen molar-refractivity contribution in [2.24, 2.45) is 0 Å². The van der Waals surface area contributed by atoms with E-state index in [1.165, 1.54) is 0 Å². The summed E-state index contributed by atoms with van der Waals surface area (Å²) < 4.78 is 5.28. The van der Waals surface area contributed by atoms with Crippen molar-refractivity contribution in [3.63, 3.8) is 0 Å². The maximum Gasteiger partial charge on any atom is 0.121 e. The average molecular weight is 264 g/mol. The van der Waals surface area contributed by atoms with Gasteiger partial charge in [0, 0.05) is 29.8 Å². The predicted octanol–water partition coefficient (Wildman–Crippen LogP) is 3.95. The smallest absolute Gasteiger partial charge is 0.121 e. The molecule has 3 rings (SSSR count). The molecule has 0 aliphatic rings. The van der Waals surface area contributed by atoms with Crippen LogP contribution in [-0.4, -0.2) is 19.1 Å². The SMILES string of the molecule is CNc1cc(-c2ccccc2)nc2cc(OC)ccc12. The number of anilines is 1. The molecule has 1 N–H and O–H groups in total. The van der Waals surface area contributed by atoms with Gasteiger partial charge in [-0.15, -0.1) is 0 Å². The number of nitrogens with zero attached hydrogens (tertiary/aromatic N) is 1. The van der Waals surface area contributed by atoms with Crippen molar-refractivity contribution in [1.82, 2.24) is 4.98 Å². The molecule has 0 bridgehead atoms. The van der Waals surface area contributed by atoms with Gasteiger partial charge in [-0.1, -0.05) is 30.3 Å². The topological polar surface area (TPSA) is 34.2 Å². The Bertz CT molecular complexity index is 739. The van der Waals surface area contributed by atoms with Crippen LogP contribution in [-0.2, 0) is 0 Å². The molecule has 3 heteroatoms. The Kier molecular flexibility index (Phi) is 3.25. The Balaban J connectivity index is 2.24. The first-order chi connectivity index (χ1) is 9.81. The van der Waals surface area contributed by atoms with E-state index in [0.29, 0.717) is 0 Å². The van der Waals surface area contributed by atoms with Crippen LogP contribution < -0.4 is 10.1 Å². The van der Waals surface area contributed by atoms with Gasteiger partial charge in [0.1, 0.15) is 5.75 Å². The first kappa shape index (κ1) is 12.5. The zero-order chi connectivity index (χ0) is 13.9. The van der Waals surface area contributed by atoms with Crippen molar-refractivity contribution in [2.45, 2.75) is 0 Å². The molecule has 1 heterocycles. The van der Waals surface area contributed by atoms with Crippen LogP contribution in [0.3, 0.4) is 0 Å². The number of fused-ring (bicyclic) bond motifs is 1. The highest BCUT2D eigenvalue weighted by molar-refractivity contribution is 5.94. The molecule has 1 aromatic heterocycles. The van der Waals surface area contributed by atoms with Crippen molar-refractivity contribution in [2.75, 3.05) is 19.5 Å². The Labute approximate surface area is 118 Å². The molecule has 0 radical (unpaired) electrons. The molecule has 20 heavy (non-hydrogen) atoms. The molecule has 0 fully saturated rings. The van der Waals surface area contributed by atoms with E-state index in [9.17, 15) is 0 Å². The van der Waals surface area contributed by atoms with E-state index in [2.05, 4.69) is 23.5 Å². The van der Waals surface area contributed by atoms with Gasteiger partial charge in [0.2, 0.25) is 0 Å². The molecule has 0 aliphatic heterocycles. The van der Waals surface area contributed by atoms with Gasteiger partial charge in [-0.25, -0.2) is 4.98 Å². The molecule has 100 valence electrons. The maximum absolute atomic E-state index is 5.28. The Hall–Kier alpha value is -2.55. The van der Waals surface area contributed by atoms with Crippen molar-refractivity contribution in [3.05, 3.63) is 54.6 Å². The van der Waals surface area contributed by atoms with Crippen LogP contribution in [0.4, 0.5) is 5.69 Å². The van der Waals surface area contributed by atoms with Gasteiger partial charge in [0.25, 0.3) is 0 Å². The summed E-state index contributed by atoms with van der Waals surface area (Å²) in [6, 6.07) is 18.2. The second kappa shape index (κ2) is 5.21. The molecule has 3 nitrogen and oxygen atoms in total.